The minimum atomic E-state index is -0.855. The molecule has 0 saturated carbocycles. The molecule has 0 aliphatic carbocycles. The summed E-state index contributed by atoms with van der Waals surface area (Å²) in [6, 6.07) is 11.9. The van der Waals surface area contributed by atoms with Gasteiger partial charge in [-0.2, -0.15) is 5.26 Å². The smallest absolute Gasteiger partial charge is 0.161 e. The minimum absolute atomic E-state index is 0.0852. The zero-order valence-corrected chi connectivity index (χ0v) is 13.7. The first kappa shape index (κ1) is 18.4. The first-order valence-corrected chi connectivity index (χ1v) is 7.91. The van der Waals surface area contributed by atoms with Crippen molar-refractivity contribution >= 4 is 5.83 Å². The van der Waals surface area contributed by atoms with Crippen LogP contribution in [0.15, 0.2) is 48.3 Å². The molecule has 1 nitrogen and oxygen atoms in total. The molecule has 2 aromatic carbocycles. The molecule has 25 heavy (non-hydrogen) atoms. The Morgan fingerprint density at radius 3 is 2.28 bits per heavy atom. The van der Waals surface area contributed by atoms with Gasteiger partial charge in [0.25, 0.3) is 0 Å². The van der Waals surface area contributed by atoms with Crippen molar-refractivity contribution in [3.63, 3.8) is 0 Å². The number of allylic oxidation sites excluding steroid dienone is 1. The second-order valence-corrected chi connectivity index (χ2v) is 5.46. The first-order chi connectivity index (χ1) is 12.0. The Labute approximate surface area is 145 Å². The lowest BCUT2D eigenvalue weighted by atomic mass is 10.1. The maximum atomic E-state index is 14.0. The predicted octanol–water partition coefficient (Wildman–Crippen LogP) is 5.89. The second kappa shape index (κ2) is 8.76. The van der Waals surface area contributed by atoms with Gasteiger partial charge in [-0.3, -0.25) is 0 Å². The normalized spacial score (nSPS) is 11.2. The fourth-order valence-electron chi connectivity index (χ4n) is 2.12. The minimum Gasteiger partial charge on any atom is -0.209 e. The zero-order valence-electron chi connectivity index (χ0n) is 13.7. The van der Waals surface area contributed by atoms with E-state index in [9.17, 15) is 13.2 Å². The molecule has 0 N–H and O–H groups in total. The van der Waals surface area contributed by atoms with E-state index in [0.29, 0.717) is 12.0 Å². The van der Waals surface area contributed by atoms with Crippen molar-refractivity contribution in [1.29, 1.82) is 5.26 Å². The number of benzene rings is 2. The molecule has 2 aromatic rings. The molecule has 0 unspecified atom stereocenters. The lowest BCUT2D eigenvalue weighted by Gasteiger charge is -2.01. The Hall–Kier alpha value is -2.98. The van der Waals surface area contributed by atoms with E-state index in [1.165, 1.54) is 24.3 Å². The quantitative estimate of drug-likeness (QED) is 0.637. The van der Waals surface area contributed by atoms with E-state index in [4.69, 9.17) is 5.26 Å². The van der Waals surface area contributed by atoms with Gasteiger partial charge in [0.1, 0.15) is 11.6 Å². The van der Waals surface area contributed by atoms with Crippen LogP contribution in [0.3, 0.4) is 0 Å². The van der Waals surface area contributed by atoms with Crippen molar-refractivity contribution in [3.05, 3.63) is 76.4 Å². The molecule has 126 valence electrons. The third kappa shape index (κ3) is 4.99. The molecule has 0 heterocycles. The van der Waals surface area contributed by atoms with Crippen LogP contribution in [0.4, 0.5) is 13.2 Å². The van der Waals surface area contributed by atoms with Gasteiger partial charge in [-0.25, -0.2) is 13.2 Å². The summed E-state index contributed by atoms with van der Waals surface area (Å²) in [4.78, 5) is 0. The van der Waals surface area contributed by atoms with Crippen molar-refractivity contribution < 1.29 is 13.2 Å². The van der Waals surface area contributed by atoms with Crippen LogP contribution in [0.25, 0.3) is 5.83 Å². The average Bonchev–Trinajstić information content (AvgIpc) is 2.64. The number of hydrogen-bond acceptors (Lipinski definition) is 1. The maximum absolute atomic E-state index is 14.0. The number of nitrogens with zero attached hydrogens (tertiary/aromatic N) is 1. The van der Waals surface area contributed by atoms with Gasteiger partial charge in [0.2, 0.25) is 0 Å². The number of rotatable bonds is 4. The van der Waals surface area contributed by atoms with Crippen LogP contribution in [0.1, 0.15) is 48.4 Å². The third-order valence-corrected chi connectivity index (χ3v) is 3.57. The topological polar surface area (TPSA) is 23.8 Å². The van der Waals surface area contributed by atoms with Crippen molar-refractivity contribution in [3.8, 4) is 17.9 Å². The largest absolute Gasteiger partial charge is 0.209 e. The van der Waals surface area contributed by atoms with Crippen LogP contribution >= 0.6 is 0 Å². The molecule has 0 atom stereocenters. The third-order valence-electron chi connectivity index (χ3n) is 3.57. The van der Waals surface area contributed by atoms with Crippen LogP contribution in [0, 0.1) is 29.0 Å². The van der Waals surface area contributed by atoms with Crippen molar-refractivity contribution in [2.75, 3.05) is 0 Å². The van der Waals surface area contributed by atoms with Crippen LogP contribution in [-0.4, -0.2) is 0 Å². The fraction of sp³-hybridized carbons (Fsp3) is 0.190. The van der Waals surface area contributed by atoms with Crippen molar-refractivity contribution in [1.82, 2.24) is 0 Å². The summed E-state index contributed by atoms with van der Waals surface area (Å²) in [5, 5.41) is 8.70. The van der Waals surface area contributed by atoms with Gasteiger partial charge < -0.3 is 0 Å². The monoisotopic (exact) mass is 339 g/mol. The summed E-state index contributed by atoms with van der Waals surface area (Å²) in [5.74, 6) is 3.25. The molecule has 2 rings (SSSR count). The molecule has 0 aliphatic heterocycles. The molecule has 0 bridgehead atoms. The van der Waals surface area contributed by atoms with E-state index < -0.39 is 17.5 Å². The van der Waals surface area contributed by atoms with Crippen LogP contribution in [0.2, 0.25) is 0 Å². The highest BCUT2D eigenvalue weighted by Gasteiger charge is 2.08. The SMILES string of the molecule is CCCC/C(F)=C(\F)c1ccc(C#Cc2ccc(C#N)cc2F)cc1. The summed E-state index contributed by atoms with van der Waals surface area (Å²) in [6.07, 6.45) is 1.47. The Bertz CT molecular complexity index is 878. The fourth-order valence-corrected chi connectivity index (χ4v) is 2.12. The highest BCUT2D eigenvalue weighted by atomic mass is 19.2. The lowest BCUT2D eigenvalue weighted by Crippen LogP contribution is -1.86. The first-order valence-electron chi connectivity index (χ1n) is 7.91. The standard InChI is InChI=1S/C21H16F3N/c1-2-3-4-19(22)21(24)18-11-6-15(7-12-18)5-9-17-10-8-16(14-25)13-20(17)23/h6-8,10-13H,2-4H2,1H3/b21-19+. The van der Waals surface area contributed by atoms with E-state index in [1.807, 2.05) is 13.0 Å². The van der Waals surface area contributed by atoms with E-state index in [1.54, 1.807) is 12.1 Å². The van der Waals surface area contributed by atoms with Gasteiger partial charge in [-0.15, -0.1) is 0 Å². The zero-order chi connectivity index (χ0) is 18.2. The van der Waals surface area contributed by atoms with Crippen LogP contribution < -0.4 is 0 Å². The molecule has 4 heteroatoms. The molecule has 0 spiro atoms. The average molecular weight is 339 g/mol. The maximum Gasteiger partial charge on any atom is 0.161 e. The Kier molecular flexibility index (Phi) is 6.43. The Morgan fingerprint density at radius 1 is 1.00 bits per heavy atom. The Balaban J connectivity index is 2.18. The van der Waals surface area contributed by atoms with E-state index in [0.717, 1.165) is 12.5 Å². The van der Waals surface area contributed by atoms with Crippen LogP contribution in [-0.2, 0) is 0 Å². The predicted molar refractivity (Wildman–Crippen MR) is 92.2 cm³/mol. The second-order valence-electron chi connectivity index (χ2n) is 5.46. The Morgan fingerprint density at radius 2 is 1.68 bits per heavy atom. The van der Waals surface area contributed by atoms with E-state index >= 15 is 0 Å². The molecule has 0 fully saturated rings. The van der Waals surface area contributed by atoms with Gasteiger partial charge in [0, 0.05) is 17.5 Å². The summed E-state index contributed by atoms with van der Waals surface area (Å²) in [5.41, 5.74) is 1.09. The van der Waals surface area contributed by atoms with Gasteiger partial charge in [-0.05, 0) is 36.8 Å². The number of hydrogen-bond donors (Lipinski definition) is 0. The summed E-state index contributed by atoms with van der Waals surface area (Å²) < 4.78 is 41.4. The molecule has 0 aromatic heterocycles. The molecule has 0 saturated heterocycles. The highest BCUT2D eigenvalue weighted by Crippen LogP contribution is 2.25. The number of unbranched alkanes of at least 4 members (excludes halogenated alkanes) is 1. The van der Waals surface area contributed by atoms with Gasteiger partial charge in [-0.1, -0.05) is 37.3 Å². The van der Waals surface area contributed by atoms with E-state index in [2.05, 4.69) is 11.8 Å². The van der Waals surface area contributed by atoms with Gasteiger partial charge in [0.05, 0.1) is 17.2 Å². The summed E-state index contributed by atoms with van der Waals surface area (Å²) in [6.45, 7) is 1.91. The summed E-state index contributed by atoms with van der Waals surface area (Å²) >= 11 is 0. The summed E-state index contributed by atoms with van der Waals surface area (Å²) in [7, 11) is 0. The number of halogens is 3. The van der Waals surface area contributed by atoms with Gasteiger partial charge in [0.15, 0.2) is 5.83 Å². The van der Waals surface area contributed by atoms with Crippen LogP contribution in [0.5, 0.6) is 0 Å². The molecular formula is C21H16F3N. The number of nitriles is 1. The lowest BCUT2D eigenvalue weighted by molar-refractivity contribution is 0.548. The molecule has 0 amide bonds. The van der Waals surface area contributed by atoms with Gasteiger partial charge >= 0.3 is 0 Å². The molecule has 0 radical (unpaired) electrons. The van der Waals surface area contributed by atoms with Crippen molar-refractivity contribution in [2.45, 2.75) is 26.2 Å². The molecule has 0 aliphatic rings. The highest BCUT2D eigenvalue weighted by molar-refractivity contribution is 5.62. The van der Waals surface area contributed by atoms with Crippen molar-refractivity contribution in [2.24, 2.45) is 0 Å². The van der Waals surface area contributed by atoms with E-state index in [-0.39, 0.29) is 23.1 Å². The molecular weight excluding hydrogens is 323 g/mol.